The largest absolute Gasteiger partial charge is 0.508 e. The molecule has 4 heteroatoms. The second-order valence-corrected chi connectivity index (χ2v) is 4.80. The van der Waals surface area contributed by atoms with Crippen LogP contribution in [0.3, 0.4) is 0 Å². The Morgan fingerprint density at radius 3 is 2.55 bits per heavy atom. The van der Waals surface area contributed by atoms with Crippen LogP contribution < -0.4 is 5.63 Å². The van der Waals surface area contributed by atoms with E-state index < -0.39 is 5.63 Å². The van der Waals surface area contributed by atoms with Gasteiger partial charge in [-0.15, -0.1) is 0 Å². The first-order chi connectivity index (χ1) is 10.6. The van der Waals surface area contributed by atoms with Crippen LogP contribution >= 0.6 is 0 Å². The van der Waals surface area contributed by atoms with E-state index in [1.54, 1.807) is 36.4 Å². The summed E-state index contributed by atoms with van der Waals surface area (Å²) in [5.74, 6) is -0.0313. The number of hydrogen-bond donors (Lipinski definition) is 1. The van der Waals surface area contributed by atoms with Gasteiger partial charge in [-0.05, 0) is 54.1 Å². The van der Waals surface area contributed by atoms with Gasteiger partial charge in [0, 0.05) is 17.0 Å². The summed E-state index contributed by atoms with van der Waals surface area (Å²) in [6, 6.07) is 14.4. The van der Waals surface area contributed by atoms with Crippen LogP contribution in [0.1, 0.15) is 15.9 Å². The second kappa shape index (κ2) is 5.69. The molecule has 0 spiro atoms. The van der Waals surface area contributed by atoms with E-state index in [-0.39, 0.29) is 11.5 Å². The number of rotatable bonds is 3. The molecule has 22 heavy (non-hydrogen) atoms. The Balaban J connectivity index is 1.85. The van der Waals surface area contributed by atoms with Gasteiger partial charge >= 0.3 is 5.63 Å². The lowest BCUT2D eigenvalue weighted by Crippen LogP contribution is -1.94. The van der Waals surface area contributed by atoms with Crippen LogP contribution in [0.5, 0.6) is 5.75 Å². The predicted octanol–water partition coefficient (Wildman–Crippen LogP) is 3.39. The minimum atomic E-state index is -0.390. The average molecular weight is 292 g/mol. The van der Waals surface area contributed by atoms with E-state index in [2.05, 4.69) is 0 Å². The van der Waals surface area contributed by atoms with E-state index in [0.717, 1.165) is 10.9 Å². The number of fused-ring (bicyclic) bond motifs is 1. The zero-order valence-electron chi connectivity index (χ0n) is 11.5. The van der Waals surface area contributed by atoms with Gasteiger partial charge < -0.3 is 9.52 Å². The van der Waals surface area contributed by atoms with E-state index >= 15 is 0 Å². The van der Waals surface area contributed by atoms with Gasteiger partial charge in [0.1, 0.15) is 11.3 Å². The van der Waals surface area contributed by atoms with Crippen LogP contribution in [0, 0.1) is 0 Å². The maximum Gasteiger partial charge on any atom is 0.336 e. The molecule has 0 amide bonds. The molecular formula is C18H12O4. The number of carbonyl (C=O) groups excluding carboxylic acids is 1. The van der Waals surface area contributed by atoms with Gasteiger partial charge in [0.2, 0.25) is 0 Å². The average Bonchev–Trinajstić information content (AvgIpc) is 2.53. The lowest BCUT2D eigenvalue weighted by Gasteiger charge is -1.99. The summed E-state index contributed by atoms with van der Waals surface area (Å²) in [6.45, 7) is 0. The van der Waals surface area contributed by atoms with Gasteiger partial charge in [-0.3, -0.25) is 4.79 Å². The number of hydrogen-bond acceptors (Lipinski definition) is 4. The summed E-state index contributed by atoms with van der Waals surface area (Å²) >= 11 is 0. The van der Waals surface area contributed by atoms with Gasteiger partial charge in [0.15, 0.2) is 5.78 Å². The molecule has 1 aromatic heterocycles. The highest BCUT2D eigenvalue weighted by Gasteiger charge is 2.02. The fourth-order valence-corrected chi connectivity index (χ4v) is 2.09. The molecule has 0 atom stereocenters. The Hall–Kier alpha value is -3.14. The van der Waals surface area contributed by atoms with Crippen molar-refractivity contribution in [3.63, 3.8) is 0 Å². The number of aromatic hydroxyl groups is 1. The smallest absolute Gasteiger partial charge is 0.336 e. The first-order valence-corrected chi connectivity index (χ1v) is 6.67. The molecule has 0 saturated carbocycles. The van der Waals surface area contributed by atoms with Crippen molar-refractivity contribution in [1.82, 2.24) is 0 Å². The molecule has 1 N–H and O–H groups in total. The first-order valence-electron chi connectivity index (χ1n) is 6.67. The van der Waals surface area contributed by atoms with Crippen molar-refractivity contribution < 1.29 is 14.3 Å². The molecule has 1 heterocycles. The highest BCUT2D eigenvalue weighted by Crippen LogP contribution is 2.16. The number of ketones is 1. The molecule has 108 valence electrons. The zero-order chi connectivity index (χ0) is 15.5. The third-order valence-electron chi connectivity index (χ3n) is 3.22. The molecule has 0 aliphatic heterocycles. The van der Waals surface area contributed by atoms with Crippen LogP contribution in [-0.2, 0) is 0 Å². The maximum atomic E-state index is 12.0. The molecule has 3 aromatic rings. The summed E-state index contributed by atoms with van der Waals surface area (Å²) < 4.78 is 5.05. The molecule has 4 nitrogen and oxygen atoms in total. The van der Waals surface area contributed by atoms with Crippen molar-refractivity contribution in [3.8, 4) is 5.75 Å². The third-order valence-corrected chi connectivity index (χ3v) is 3.22. The quantitative estimate of drug-likeness (QED) is 0.456. The maximum absolute atomic E-state index is 12.0. The normalized spacial score (nSPS) is 11.1. The monoisotopic (exact) mass is 292 g/mol. The van der Waals surface area contributed by atoms with E-state index in [9.17, 15) is 14.7 Å². The van der Waals surface area contributed by atoms with Crippen LogP contribution in [0.2, 0.25) is 0 Å². The Morgan fingerprint density at radius 1 is 1.00 bits per heavy atom. The molecule has 0 unspecified atom stereocenters. The van der Waals surface area contributed by atoms with Gasteiger partial charge in [0.05, 0.1) is 0 Å². The van der Waals surface area contributed by atoms with Crippen LogP contribution in [0.4, 0.5) is 0 Å². The third kappa shape index (κ3) is 2.96. The fraction of sp³-hybridized carbons (Fsp3) is 0. The van der Waals surface area contributed by atoms with E-state index in [4.69, 9.17) is 4.42 Å². The number of carbonyl (C=O) groups is 1. The lowest BCUT2D eigenvalue weighted by atomic mass is 10.1. The number of allylic oxidation sites excluding steroid dienone is 1. The Labute approximate surface area is 125 Å². The van der Waals surface area contributed by atoms with Crippen LogP contribution in [0.25, 0.3) is 17.0 Å². The molecule has 0 radical (unpaired) electrons. The van der Waals surface area contributed by atoms with E-state index in [1.807, 2.05) is 6.07 Å². The van der Waals surface area contributed by atoms with Crippen molar-refractivity contribution in [1.29, 1.82) is 0 Å². The number of phenolic OH excluding ortho intramolecular Hbond substituents is 1. The number of benzene rings is 2. The molecule has 0 bridgehead atoms. The molecule has 0 fully saturated rings. The summed E-state index contributed by atoms with van der Waals surface area (Å²) in [5, 5.41) is 10.00. The van der Waals surface area contributed by atoms with Crippen LogP contribution in [0.15, 0.2) is 69.9 Å². The SMILES string of the molecule is O=C(/C=C/c1ccc2oc(=O)ccc2c1)c1ccc(O)cc1. The molecule has 0 aliphatic rings. The highest BCUT2D eigenvalue weighted by atomic mass is 16.4. The minimum absolute atomic E-state index is 0.122. The summed E-state index contributed by atoms with van der Waals surface area (Å²) in [7, 11) is 0. The van der Waals surface area contributed by atoms with Crippen molar-refractivity contribution in [3.05, 3.63) is 82.2 Å². The van der Waals surface area contributed by atoms with E-state index in [1.165, 1.54) is 24.3 Å². The Bertz CT molecular complexity index is 918. The topological polar surface area (TPSA) is 67.5 Å². The summed E-state index contributed by atoms with van der Waals surface area (Å²) in [6.07, 6.45) is 3.16. The summed E-state index contributed by atoms with van der Waals surface area (Å²) in [5.41, 5.74) is 1.45. The van der Waals surface area contributed by atoms with E-state index in [0.29, 0.717) is 11.1 Å². The Kier molecular flexibility index (Phi) is 3.58. The fourth-order valence-electron chi connectivity index (χ4n) is 2.09. The standard InChI is InChI=1S/C18H12O4/c19-15-6-3-13(4-7-15)16(20)8-1-12-2-9-17-14(11-12)5-10-18(21)22-17/h1-11,19H/b8-1+. The van der Waals surface area contributed by atoms with Crippen molar-refractivity contribution >= 4 is 22.8 Å². The highest BCUT2D eigenvalue weighted by molar-refractivity contribution is 6.07. The lowest BCUT2D eigenvalue weighted by molar-refractivity contribution is 0.104. The van der Waals surface area contributed by atoms with Crippen LogP contribution in [-0.4, -0.2) is 10.9 Å². The zero-order valence-corrected chi connectivity index (χ0v) is 11.5. The second-order valence-electron chi connectivity index (χ2n) is 4.80. The Morgan fingerprint density at radius 2 is 1.77 bits per heavy atom. The van der Waals surface area contributed by atoms with Gasteiger partial charge in [0.25, 0.3) is 0 Å². The van der Waals surface area contributed by atoms with Crippen molar-refractivity contribution in [2.75, 3.05) is 0 Å². The summed E-state index contributed by atoms with van der Waals surface area (Å²) in [4.78, 5) is 23.1. The molecule has 0 saturated heterocycles. The molecular weight excluding hydrogens is 280 g/mol. The molecule has 3 rings (SSSR count). The van der Waals surface area contributed by atoms with Crippen molar-refractivity contribution in [2.24, 2.45) is 0 Å². The minimum Gasteiger partial charge on any atom is -0.508 e. The van der Waals surface area contributed by atoms with Gasteiger partial charge in [-0.25, -0.2) is 4.79 Å². The van der Waals surface area contributed by atoms with Gasteiger partial charge in [-0.2, -0.15) is 0 Å². The molecule has 0 aliphatic carbocycles. The molecule has 2 aromatic carbocycles. The number of phenols is 1. The van der Waals surface area contributed by atoms with Crippen molar-refractivity contribution in [2.45, 2.75) is 0 Å². The predicted molar refractivity (Wildman–Crippen MR) is 84.0 cm³/mol. The van der Waals surface area contributed by atoms with Gasteiger partial charge in [-0.1, -0.05) is 12.1 Å². The first kappa shape index (κ1) is 13.8.